The molecule has 34 heavy (non-hydrogen) atoms. The van der Waals surface area contributed by atoms with Gasteiger partial charge in [-0.2, -0.15) is 0 Å². The Kier molecular flexibility index (Phi) is 7.56. The molecule has 0 radical (unpaired) electrons. The lowest BCUT2D eigenvalue weighted by molar-refractivity contribution is 0.0846. The first-order valence-electron chi connectivity index (χ1n) is 10.5. The van der Waals surface area contributed by atoms with E-state index in [1.165, 1.54) is 0 Å². The maximum atomic E-state index is 12.5. The highest BCUT2D eigenvalue weighted by atomic mass is 32.2. The molecule has 4 rings (SSSR count). The Balaban J connectivity index is 1.27. The number of aromatic nitrogens is 3. The lowest BCUT2D eigenvalue weighted by atomic mass is 10.1. The highest BCUT2D eigenvalue weighted by molar-refractivity contribution is 7.98. The monoisotopic (exact) mass is 473 g/mol. The van der Waals surface area contributed by atoms with Crippen LogP contribution < -0.4 is 15.6 Å². The van der Waals surface area contributed by atoms with E-state index in [2.05, 4.69) is 21.0 Å². The molecule has 0 saturated carbocycles. The number of hydrazine groups is 1. The molecule has 0 aliphatic carbocycles. The minimum atomic E-state index is -0.435. The molecule has 9 heteroatoms. The highest BCUT2D eigenvalue weighted by Gasteiger charge is 2.11. The quantitative estimate of drug-likeness (QED) is 0.299. The molecule has 0 aliphatic rings. The van der Waals surface area contributed by atoms with Gasteiger partial charge in [-0.15, -0.1) is 10.2 Å². The van der Waals surface area contributed by atoms with E-state index in [9.17, 15) is 9.59 Å². The summed E-state index contributed by atoms with van der Waals surface area (Å²) in [7, 11) is 1.89. The van der Waals surface area contributed by atoms with E-state index in [1.807, 2.05) is 54.1 Å². The van der Waals surface area contributed by atoms with Crippen molar-refractivity contribution in [3.8, 4) is 5.75 Å². The maximum absolute atomic E-state index is 12.5. The van der Waals surface area contributed by atoms with Gasteiger partial charge in [0.05, 0.1) is 0 Å². The molecule has 0 unspecified atom stereocenters. The third-order valence-corrected chi connectivity index (χ3v) is 5.99. The maximum Gasteiger partial charge on any atom is 0.269 e. The van der Waals surface area contributed by atoms with E-state index in [4.69, 9.17) is 4.74 Å². The van der Waals surface area contributed by atoms with Crippen molar-refractivity contribution in [2.24, 2.45) is 7.05 Å². The fourth-order valence-corrected chi connectivity index (χ4v) is 3.87. The highest BCUT2D eigenvalue weighted by Crippen LogP contribution is 2.20. The zero-order chi connectivity index (χ0) is 23.8. The second-order valence-electron chi connectivity index (χ2n) is 7.42. The zero-order valence-corrected chi connectivity index (χ0v) is 19.3. The molecule has 2 N–H and O–H groups in total. The molecule has 1 aromatic heterocycles. The van der Waals surface area contributed by atoms with Crippen LogP contribution in [0.25, 0.3) is 0 Å². The fourth-order valence-electron chi connectivity index (χ4n) is 3.03. The van der Waals surface area contributed by atoms with Crippen LogP contribution in [0.2, 0.25) is 0 Å². The lowest BCUT2D eigenvalue weighted by Gasteiger charge is -2.10. The molecule has 8 nitrogen and oxygen atoms in total. The third-order valence-electron chi connectivity index (χ3n) is 4.89. The van der Waals surface area contributed by atoms with Crippen molar-refractivity contribution in [3.05, 3.63) is 107 Å². The van der Waals surface area contributed by atoms with Crippen molar-refractivity contribution in [2.45, 2.75) is 17.5 Å². The summed E-state index contributed by atoms with van der Waals surface area (Å²) < 4.78 is 7.61. The van der Waals surface area contributed by atoms with Crippen molar-refractivity contribution in [3.63, 3.8) is 0 Å². The van der Waals surface area contributed by atoms with Gasteiger partial charge in [0, 0.05) is 23.9 Å². The SMILES string of the molecule is Cn1cnnc1SCc1ccc(C(=O)NNC(=O)c2cccc(OCc3ccccc3)c2)cc1. The van der Waals surface area contributed by atoms with Crippen LogP contribution in [0, 0.1) is 0 Å². The Morgan fingerprint density at radius 2 is 1.62 bits per heavy atom. The van der Waals surface area contributed by atoms with Crippen LogP contribution in [0.15, 0.2) is 90.3 Å². The Bertz CT molecular complexity index is 1260. The van der Waals surface area contributed by atoms with Gasteiger partial charge < -0.3 is 9.30 Å². The van der Waals surface area contributed by atoms with Gasteiger partial charge in [0.2, 0.25) is 0 Å². The number of ether oxygens (including phenoxy) is 1. The van der Waals surface area contributed by atoms with E-state index < -0.39 is 11.8 Å². The molecule has 172 valence electrons. The molecule has 0 bridgehead atoms. The first-order valence-corrected chi connectivity index (χ1v) is 11.5. The number of thioether (sulfide) groups is 1. The summed E-state index contributed by atoms with van der Waals surface area (Å²) in [6.45, 7) is 0.399. The second-order valence-corrected chi connectivity index (χ2v) is 8.36. The van der Waals surface area contributed by atoms with E-state index in [-0.39, 0.29) is 0 Å². The normalized spacial score (nSPS) is 10.5. The number of rotatable bonds is 8. The number of hydrogen-bond acceptors (Lipinski definition) is 6. The van der Waals surface area contributed by atoms with E-state index >= 15 is 0 Å². The number of carbonyl (C=O) groups is 2. The summed E-state index contributed by atoms with van der Waals surface area (Å²) in [5.41, 5.74) is 7.78. The standard InChI is InChI=1S/C25H23N5O3S/c1-30-17-26-29-25(30)34-16-19-10-12-20(13-11-19)23(31)27-28-24(32)21-8-5-9-22(14-21)33-15-18-6-3-2-4-7-18/h2-14,17H,15-16H2,1H3,(H,27,31)(H,28,32). The number of aryl methyl sites for hydroxylation is 1. The molecule has 3 aromatic carbocycles. The molecule has 4 aromatic rings. The second kappa shape index (κ2) is 11.2. The van der Waals surface area contributed by atoms with Gasteiger partial charge in [-0.05, 0) is 41.5 Å². The van der Waals surface area contributed by atoms with Crippen LogP contribution in [0.3, 0.4) is 0 Å². The molecule has 1 heterocycles. The van der Waals surface area contributed by atoms with Gasteiger partial charge >= 0.3 is 0 Å². The Labute approximate surface area is 201 Å². The van der Waals surface area contributed by atoms with Gasteiger partial charge in [-0.1, -0.05) is 60.3 Å². The van der Waals surface area contributed by atoms with Crippen LogP contribution >= 0.6 is 11.8 Å². The number of amides is 2. The average Bonchev–Trinajstić information content (AvgIpc) is 3.30. The van der Waals surface area contributed by atoms with Crippen LogP contribution in [0.1, 0.15) is 31.8 Å². The number of benzene rings is 3. The Morgan fingerprint density at radius 1 is 0.882 bits per heavy atom. The molecule has 0 fully saturated rings. The summed E-state index contributed by atoms with van der Waals surface area (Å²) in [5.74, 6) is 0.429. The fraction of sp³-hybridized carbons (Fsp3) is 0.120. The summed E-state index contributed by atoms with van der Waals surface area (Å²) in [5, 5.41) is 8.71. The molecule has 0 spiro atoms. The van der Waals surface area contributed by atoms with Crippen LogP contribution in [0.5, 0.6) is 5.75 Å². The van der Waals surface area contributed by atoms with Gasteiger partial charge in [0.1, 0.15) is 18.7 Å². The van der Waals surface area contributed by atoms with Crippen LogP contribution in [-0.4, -0.2) is 26.6 Å². The number of nitrogens with zero attached hydrogens (tertiary/aromatic N) is 3. The van der Waals surface area contributed by atoms with Gasteiger partial charge in [-0.3, -0.25) is 20.4 Å². The van der Waals surface area contributed by atoms with Crippen LogP contribution in [-0.2, 0) is 19.4 Å². The predicted octanol–water partition coefficient (Wildman–Crippen LogP) is 3.76. The van der Waals surface area contributed by atoms with Gasteiger partial charge in [0.25, 0.3) is 11.8 Å². The third kappa shape index (κ3) is 6.23. The molecular weight excluding hydrogens is 450 g/mol. The molecule has 0 aliphatic heterocycles. The van der Waals surface area contributed by atoms with E-state index in [0.29, 0.717) is 29.2 Å². The molecule has 0 atom stereocenters. The number of hydrogen-bond donors (Lipinski definition) is 2. The average molecular weight is 474 g/mol. The van der Waals surface area contributed by atoms with Crippen molar-refractivity contribution < 1.29 is 14.3 Å². The number of nitrogens with one attached hydrogen (secondary N) is 2. The summed E-state index contributed by atoms with van der Waals surface area (Å²) in [6.07, 6.45) is 1.65. The molecule has 0 saturated heterocycles. The van der Waals surface area contributed by atoms with E-state index in [0.717, 1.165) is 16.3 Å². The van der Waals surface area contributed by atoms with E-state index in [1.54, 1.807) is 54.5 Å². The van der Waals surface area contributed by atoms with Crippen LogP contribution in [0.4, 0.5) is 0 Å². The largest absolute Gasteiger partial charge is 0.489 e. The predicted molar refractivity (Wildman–Crippen MR) is 129 cm³/mol. The summed E-state index contributed by atoms with van der Waals surface area (Å²) in [4.78, 5) is 24.9. The minimum Gasteiger partial charge on any atom is -0.489 e. The number of carbonyl (C=O) groups excluding carboxylic acids is 2. The lowest BCUT2D eigenvalue weighted by Crippen LogP contribution is -2.41. The minimum absolute atomic E-state index is 0.377. The molecule has 2 amide bonds. The van der Waals surface area contributed by atoms with Crippen molar-refractivity contribution in [1.82, 2.24) is 25.6 Å². The Morgan fingerprint density at radius 3 is 2.32 bits per heavy atom. The van der Waals surface area contributed by atoms with Crippen molar-refractivity contribution in [1.29, 1.82) is 0 Å². The van der Waals surface area contributed by atoms with Crippen molar-refractivity contribution >= 4 is 23.6 Å². The summed E-state index contributed by atoms with van der Waals surface area (Å²) in [6, 6.07) is 23.7. The Hall–Kier alpha value is -4.11. The van der Waals surface area contributed by atoms with Gasteiger partial charge in [-0.25, -0.2) is 0 Å². The first kappa shape index (κ1) is 23.1. The van der Waals surface area contributed by atoms with Gasteiger partial charge in [0.15, 0.2) is 5.16 Å². The van der Waals surface area contributed by atoms with Crippen molar-refractivity contribution in [2.75, 3.05) is 0 Å². The topological polar surface area (TPSA) is 98.1 Å². The summed E-state index contributed by atoms with van der Waals surface area (Å²) >= 11 is 1.56. The zero-order valence-electron chi connectivity index (χ0n) is 18.5. The smallest absolute Gasteiger partial charge is 0.269 e. The first-order chi connectivity index (χ1) is 16.6. The molecular formula is C25H23N5O3S.